The summed E-state index contributed by atoms with van der Waals surface area (Å²) in [6.07, 6.45) is 1.02. The molecule has 1 aromatic rings. The van der Waals surface area contributed by atoms with Crippen molar-refractivity contribution in [3.05, 3.63) is 29.3 Å². The maximum absolute atomic E-state index is 11.8. The number of nitrogens with one attached hydrogen (secondary N) is 2. The third-order valence-corrected chi connectivity index (χ3v) is 2.97. The van der Waals surface area contributed by atoms with Gasteiger partial charge in [-0.2, -0.15) is 0 Å². The lowest BCUT2D eigenvalue weighted by molar-refractivity contribution is -0.115. The van der Waals surface area contributed by atoms with E-state index in [2.05, 4.69) is 24.5 Å². The third kappa shape index (κ3) is 4.19. The van der Waals surface area contributed by atoms with Gasteiger partial charge in [-0.15, -0.1) is 0 Å². The smallest absolute Gasteiger partial charge is 0.238 e. The molecule has 1 rings (SSSR count). The summed E-state index contributed by atoms with van der Waals surface area (Å²) in [5.74, 6) is 0.0164. The highest BCUT2D eigenvalue weighted by Crippen LogP contribution is 2.18. The zero-order valence-corrected chi connectivity index (χ0v) is 11.1. The molecule has 0 aliphatic carbocycles. The first-order valence-electron chi connectivity index (χ1n) is 6.14. The lowest BCUT2D eigenvalue weighted by Crippen LogP contribution is -2.34. The number of hydrogen-bond donors (Lipinski definition) is 2. The number of para-hydroxylation sites is 1. The molecule has 1 atom stereocenters. The Bertz CT molecular complexity index is 368. The molecular formula is C14H22N2O. The Hall–Kier alpha value is -1.35. The van der Waals surface area contributed by atoms with Gasteiger partial charge in [0.15, 0.2) is 0 Å². The van der Waals surface area contributed by atoms with Crippen LogP contribution in [0.15, 0.2) is 18.2 Å². The Morgan fingerprint density at radius 3 is 2.41 bits per heavy atom. The van der Waals surface area contributed by atoms with Crippen molar-refractivity contribution in [2.75, 3.05) is 11.9 Å². The van der Waals surface area contributed by atoms with Crippen molar-refractivity contribution in [3.63, 3.8) is 0 Å². The maximum atomic E-state index is 11.8. The number of anilines is 1. The molecule has 0 saturated heterocycles. The van der Waals surface area contributed by atoms with Crippen molar-refractivity contribution in [3.8, 4) is 0 Å². The van der Waals surface area contributed by atoms with Crippen LogP contribution in [0.3, 0.4) is 0 Å². The Morgan fingerprint density at radius 1 is 1.29 bits per heavy atom. The quantitative estimate of drug-likeness (QED) is 0.822. The molecule has 1 aromatic carbocycles. The first-order chi connectivity index (χ1) is 8.04. The second-order valence-electron chi connectivity index (χ2n) is 4.51. The van der Waals surface area contributed by atoms with Crippen LogP contribution in [0, 0.1) is 13.8 Å². The Kier molecular flexibility index (Phi) is 5.16. The van der Waals surface area contributed by atoms with Crippen molar-refractivity contribution >= 4 is 11.6 Å². The summed E-state index contributed by atoms with van der Waals surface area (Å²) in [7, 11) is 0. The van der Waals surface area contributed by atoms with Gasteiger partial charge in [-0.3, -0.25) is 4.79 Å². The van der Waals surface area contributed by atoms with E-state index in [1.807, 2.05) is 32.0 Å². The highest BCUT2D eigenvalue weighted by molar-refractivity contribution is 5.93. The van der Waals surface area contributed by atoms with Gasteiger partial charge in [-0.05, 0) is 38.3 Å². The number of carbonyl (C=O) groups excluding carboxylic acids is 1. The molecule has 0 spiro atoms. The van der Waals surface area contributed by atoms with E-state index in [4.69, 9.17) is 0 Å². The van der Waals surface area contributed by atoms with Crippen molar-refractivity contribution in [2.45, 2.75) is 40.2 Å². The van der Waals surface area contributed by atoms with Crippen LogP contribution in [0.5, 0.6) is 0 Å². The van der Waals surface area contributed by atoms with E-state index >= 15 is 0 Å². The van der Waals surface area contributed by atoms with Crippen molar-refractivity contribution in [1.29, 1.82) is 0 Å². The van der Waals surface area contributed by atoms with Crippen LogP contribution >= 0.6 is 0 Å². The predicted octanol–water partition coefficient (Wildman–Crippen LogP) is 2.63. The standard InChI is InChI=1S/C14H22N2O/c1-5-12(4)15-9-13(17)16-14-10(2)7-6-8-11(14)3/h6-8,12,15H,5,9H2,1-4H3,(H,16,17)/t12-/m0/s1. The van der Waals surface area contributed by atoms with Crippen LogP contribution in [0.2, 0.25) is 0 Å². The highest BCUT2D eigenvalue weighted by atomic mass is 16.1. The minimum absolute atomic E-state index is 0.0164. The zero-order valence-electron chi connectivity index (χ0n) is 11.1. The molecule has 0 saturated carbocycles. The van der Waals surface area contributed by atoms with Gasteiger partial charge in [0.25, 0.3) is 0 Å². The van der Waals surface area contributed by atoms with E-state index in [0.717, 1.165) is 23.2 Å². The molecule has 0 unspecified atom stereocenters. The second kappa shape index (κ2) is 6.40. The summed E-state index contributed by atoms with van der Waals surface area (Å²) >= 11 is 0. The number of aryl methyl sites for hydroxylation is 2. The Balaban J connectivity index is 2.56. The largest absolute Gasteiger partial charge is 0.324 e. The molecule has 0 aliphatic heterocycles. The molecule has 3 nitrogen and oxygen atoms in total. The van der Waals surface area contributed by atoms with Crippen LogP contribution in [0.25, 0.3) is 0 Å². The van der Waals surface area contributed by atoms with Crippen molar-refractivity contribution in [1.82, 2.24) is 5.32 Å². The van der Waals surface area contributed by atoms with Crippen molar-refractivity contribution < 1.29 is 4.79 Å². The van der Waals surface area contributed by atoms with Gasteiger partial charge in [0, 0.05) is 11.7 Å². The average molecular weight is 234 g/mol. The van der Waals surface area contributed by atoms with E-state index in [0.29, 0.717) is 12.6 Å². The molecule has 0 heterocycles. The van der Waals surface area contributed by atoms with Crippen molar-refractivity contribution in [2.24, 2.45) is 0 Å². The maximum Gasteiger partial charge on any atom is 0.238 e. The van der Waals surface area contributed by atoms with Gasteiger partial charge >= 0.3 is 0 Å². The van der Waals surface area contributed by atoms with E-state index in [-0.39, 0.29) is 5.91 Å². The fraction of sp³-hybridized carbons (Fsp3) is 0.500. The molecule has 0 fully saturated rings. The lowest BCUT2D eigenvalue weighted by Gasteiger charge is -2.14. The molecular weight excluding hydrogens is 212 g/mol. The number of amides is 1. The van der Waals surface area contributed by atoms with Gasteiger partial charge < -0.3 is 10.6 Å². The summed E-state index contributed by atoms with van der Waals surface area (Å²) < 4.78 is 0. The first-order valence-corrected chi connectivity index (χ1v) is 6.14. The van der Waals surface area contributed by atoms with E-state index in [1.165, 1.54) is 0 Å². The van der Waals surface area contributed by atoms with E-state index < -0.39 is 0 Å². The third-order valence-electron chi connectivity index (χ3n) is 2.97. The normalized spacial score (nSPS) is 12.2. The molecule has 0 aromatic heterocycles. The minimum atomic E-state index is 0.0164. The SMILES string of the molecule is CC[C@H](C)NCC(=O)Nc1c(C)cccc1C. The molecule has 2 N–H and O–H groups in total. The summed E-state index contributed by atoms with van der Waals surface area (Å²) in [6, 6.07) is 6.38. The van der Waals surface area contributed by atoms with Crippen LogP contribution in [0.4, 0.5) is 5.69 Å². The lowest BCUT2D eigenvalue weighted by atomic mass is 10.1. The number of hydrogen-bond acceptors (Lipinski definition) is 2. The summed E-state index contributed by atoms with van der Waals surface area (Å²) in [5.41, 5.74) is 3.13. The van der Waals surface area contributed by atoms with Gasteiger partial charge in [0.2, 0.25) is 5.91 Å². The molecule has 3 heteroatoms. The van der Waals surface area contributed by atoms with Crippen LogP contribution in [0.1, 0.15) is 31.4 Å². The minimum Gasteiger partial charge on any atom is -0.324 e. The first kappa shape index (κ1) is 13.7. The molecule has 0 bridgehead atoms. The fourth-order valence-corrected chi connectivity index (χ4v) is 1.61. The monoisotopic (exact) mass is 234 g/mol. The second-order valence-corrected chi connectivity index (χ2v) is 4.51. The average Bonchev–Trinajstić information content (AvgIpc) is 2.31. The van der Waals surface area contributed by atoms with Gasteiger partial charge in [0.05, 0.1) is 6.54 Å². The summed E-state index contributed by atoms with van der Waals surface area (Å²) in [5, 5.41) is 6.14. The Morgan fingerprint density at radius 2 is 1.88 bits per heavy atom. The van der Waals surface area contributed by atoms with Gasteiger partial charge in [-0.1, -0.05) is 25.1 Å². The van der Waals surface area contributed by atoms with Crippen LogP contribution < -0.4 is 10.6 Å². The van der Waals surface area contributed by atoms with E-state index in [1.54, 1.807) is 0 Å². The summed E-state index contributed by atoms with van der Waals surface area (Å²) in [4.78, 5) is 11.8. The van der Waals surface area contributed by atoms with Crippen LogP contribution in [-0.4, -0.2) is 18.5 Å². The molecule has 94 valence electrons. The number of rotatable bonds is 5. The molecule has 0 aliphatic rings. The van der Waals surface area contributed by atoms with Gasteiger partial charge in [-0.25, -0.2) is 0 Å². The number of benzene rings is 1. The summed E-state index contributed by atoms with van der Waals surface area (Å²) in [6.45, 7) is 8.55. The zero-order chi connectivity index (χ0) is 12.8. The molecule has 0 radical (unpaired) electrons. The fourth-order valence-electron chi connectivity index (χ4n) is 1.61. The molecule has 1 amide bonds. The van der Waals surface area contributed by atoms with E-state index in [9.17, 15) is 4.79 Å². The van der Waals surface area contributed by atoms with Crippen LogP contribution in [-0.2, 0) is 4.79 Å². The predicted molar refractivity (Wildman–Crippen MR) is 72.3 cm³/mol. The topological polar surface area (TPSA) is 41.1 Å². The highest BCUT2D eigenvalue weighted by Gasteiger charge is 2.07. The Labute approximate surface area is 104 Å². The molecule has 17 heavy (non-hydrogen) atoms. The van der Waals surface area contributed by atoms with Gasteiger partial charge in [0.1, 0.15) is 0 Å². The number of carbonyl (C=O) groups is 1.